The van der Waals surface area contributed by atoms with E-state index in [-0.39, 0.29) is 22.7 Å². The molecular formula is C23H27ClN2O2S. The molecule has 1 aromatic carbocycles. The van der Waals surface area contributed by atoms with E-state index >= 15 is 0 Å². The lowest BCUT2D eigenvalue weighted by atomic mass is 9.93. The third-order valence-corrected chi connectivity index (χ3v) is 5.58. The molecule has 2 aromatic rings. The zero-order chi connectivity index (χ0) is 21.4. The number of thiazole rings is 1. The van der Waals surface area contributed by atoms with Gasteiger partial charge in [-0.15, -0.1) is 11.3 Å². The van der Waals surface area contributed by atoms with E-state index in [1.165, 1.54) is 11.3 Å². The number of unbranched alkanes of at least 4 members (excludes halogenated alkanes) is 3. The van der Waals surface area contributed by atoms with Gasteiger partial charge in [0.2, 0.25) is 0 Å². The molecule has 0 aliphatic carbocycles. The standard InChI is InChI=1S/C23H27ClN2O2S/c1-5-6-7-8-13-20(27)28-21(16-11-9-10-12-18(16)24)17(14-25)22-26-19(15-29-22)23(2,3)4/h9-12,15H,5-8,13H2,1-4H3. The molecule has 1 heterocycles. The summed E-state index contributed by atoms with van der Waals surface area (Å²) >= 11 is 7.73. The summed E-state index contributed by atoms with van der Waals surface area (Å²) in [5.74, 6) is -0.190. The molecule has 0 saturated heterocycles. The minimum atomic E-state index is -0.364. The molecule has 0 bridgehead atoms. The first kappa shape index (κ1) is 23.1. The minimum absolute atomic E-state index is 0.143. The average Bonchev–Trinajstić information content (AvgIpc) is 3.16. The molecule has 154 valence electrons. The Labute approximate surface area is 182 Å². The van der Waals surface area contributed by atoms with E-state index in [0.29, 0.717) is 22.0 Å². The second kappa shape index (κ2) is 10.6. The maximum absolute atomic E-state index is 12.5. The topological polar surface area (TPSA) is 63.0 Å². The van der Waals surface area contributed by atoms with Crippen LogP contribution in [0.4, 0.5) is 0 Å². The van der Waals surface area contributed by atoms with Crippen molar-refractivity contribution in [3.05, 3.63) is 50.9 Å². The quantitative estimate of drug-likeness (QED) is 0.196. The van der Waals surface area contributed by atoms with Gasteiger partial charge >= 0.3 is 5.97 Å². The van der Waals surface area contributed by atoms with Crippen LogP contribution in [0.3, 0.4) is 0 Å². The molecule has 0 fully saturated rings. The Morgan fingerprint density at radius 1 is 1.24 bits per heavy atom. The monoisotopic (exact) mass is 430 g/mol. The molecule has 0 unspecified atom stereocenters. The third kappa shape index (κ3) is 6.42. The van der Waals surface area contributed by atoms with Crippen LogP contribution in [0, 0.1) is 11.3 Å². The van der Waals surface area contributed by atoms with E-state index in [1.807, 2.05) is 5.38 Å². The van der Waals surface area contributed by atoms with Gasteiger partial charge in [-0.05, 0) is 18.6 Å². The first-order valence-corrected chi connectivity index (χ1v) is 11.1. The fourth-order valence-electron chi connectivity index (χ4n) is 2.68. The van der Waals surface area contributed by atoms with Crippen molar-refractivity contribution in [3.63, 3.8) is 0 Å². The van der Waals surface area contributed by atoms with Crippen molar-refractivity contribution in [2.24, 2.45) is 0 Å². The second-order valence-electron chi connectivity index (χ2n) is 7.87. The van der Waals surface area contributed by atoms with Crippen molar-refractivity contribution < 1.29 is 9.53 Å². The summed E-state index contributed by atoms with van der Waals surface area (Å²) in [6.45, 7) is 8.31. The molecule has 29 heavy (non-hydrogen) atoms. The Balaban J connectivity index is 2.44. The minimum Gasteiger partial charge on any atom is -0.424 e. The Morgan fingerprint density at radius 3 is 2.55 bits per heavy atom. The Bertz CT molecular complexity index is 919. The van der Waals surface area contributed by atoms with Gasteiger partial charge in [0, 0.05) is 22.8 Å². The summed E-state index contributed by atoms with van der Waals surface area (Å²) in [6, 6.07) is 9.24. The van der Waals surface area contributed by atoms with Crippen LogP contribution in [0.15, 0.2) is 29.6 Å². The third-order valence-electron chi connectivity index (χ3n) is 4.39. The molecule has 0 radical (unpaired) electrons. The lowest BCUT2D eigenvalue weighted by Crippen LogP contribution is -2.11. The highest BCUT2D eigenvalue weighted by Crippen LogP contribution is 2.35. The zero-order valence-electron chi connectivity index (χ0n) is 17.4. The zero-order valence-corrected chi connectivity index (χ0v) is 19.0. The number of aromatic nitrogens is 1. The normalized spacial score (nSPS) is 12.3. The summed E-state index contributed by atoms with van der Waals surface area (Å²) in [5.41, 5.74) is 1.48. The number of allylic oxidation sites excluding steroid dienone is 1. The largest absolute Gasteiger partial charge is 0.424 e. The number of nitrogens with zero attached hydrogens (tertiary/aromatic N) is 2. The molecule has 0 atom stereocenters. The first-order valence-electron chi connectivity index (χ1n) is 9.84. The van der Waals surface area contributed by atoms with Crippen molar-refractivity contribution in [2.75, 3.05) is 0 Å². The van der Waals surface area contributed by atoms with Crippen molar-refractivity contribution in [1.82, 2.24) is 4.98 Å². The molecule has 2 rings (SSSR count). The molecule has 0 amide bonds. The van der Waals surface area contributed by atoms with Crippen molar-refractivity contribution in [3.8, 4) is 6.07 Å². The lowest BCUT2D eigenvalue weighted by molar-refractivity contribution is -0.136. The number of esters is 1. The second-order valence-corrected chi connectivity index (χ2v) is 9.13. The number of rotatable bonds is 8. The molecule has 0 aliphatic heterocycles. The number of carbonyl (C=O) groups excluding carboxylic acids is 1. The summed E-state index contributed by atoms with van der Waals surface area (Å²) in [6.07, 6.45) is 4.22. The highest BCUT2D eigenvalue weighted by molar-refractivity contribution is 7.11. The SMILES string of the molecule is CCCCCCC(=O)OC(=C(C#N)c1nc(C(C)(C)C)cs1)c1ccccc1Cl. The van der Waals surface area contributed by atoms with E-state index in [9.17, 15) is 10.1 Å². The van der Waals surface area contributed by atoms with Crippen LogP contribution in [0.2, 0.25) is 5.02 Å². The van der Waals surface area contributed by atoms with Gasteiger partial charge in [-0.2, -0.15) is 5.26 Å². The van der Waals surface area contributed by atoms with Gasteiger partial charge in [-0.3, -0.25) is 4.79 Å². The van der Waals surface area contributed by atoms with Crippen LogP contribution in [-0.4, -0.2) is 11.0 Å². The van der Waals surface area contributed by atoms with Crippen LogP contribution in [-0.2, 0) is 14.9 Å². The predicted molar refractivity (Wildman–Crippen MR) is 120 cm³/mol. The molecule has 6 heteroatoms. The molecule has 0 spiro atoms. The van der Waals surface area contributed by atoms with E-state index in [0.717, 1.165) is 31.4 Å². The molecule has 4 nitrogen and oxygen atoms in total. The first-order chi connectivity index (χ1) is 13.8. The van der Waals surface area contributed by atoms with Crippen LogP contribution < -0.4 is 0 Å². The van der Waals surface area contributed by atoms with Crippen molar-refractivity contribution >= 4 is 40.2 Å². The van der Waals surface area contributed by atoms with Crippen LogP contribution in [0.25, 0.3) is 11.3 Å². The maximum Gasteiger partial charge on any atom is 0.311 e. The smallest absolute Gasteiger partial charge is 0.311 e. The van der Waals surface area contributed by atoms with Crippen molar-refractivity contribution in [1.29, 1.82) is 5.26 Å². The van der Waals surface area contributed by atoms with Gasteiger partial charge in [0.25, 0.3) is 0 Å². The predicted octanol–water partition coefficient (Wildman–Crippen LogP) is 7.00. The maximum atomic E-state index is 12.5. The Hall–Kier alpha value is -2.16. The Morgan fingerprint density at radius 2 is 1.97 bits per heavy atom. The van der Waals surface area contributed by atoms with Gasteiger partial charge in [0.1, 0.15) is 16.6 Å². The van der Waals surface area contributed by atoms with Crippen LogP contribution in [0.5, 0.6) is 0 Å². The number of benzene rings is 1. The van der Waals surface area contributed by atoms with E-state index in [2.05, 4.69) is 38.7 Å². The number of nitriles is 1. The highest BCUT2D eigenvalue weighted by atomic mass is 35.5. The molecule has 0 aliphatic rings. The van der Waals surface area contributed by atoms with Gasteiger partial charge in [0.05, 0.1) is 10.7 Å². The van der Waals surface area contributed by atoms with E-state index in [4.69, 9.17) is 16.3 Å². The van der Waals surface area contributed by atoms with Gasteiger partial charge in [0.15, 0.2) is 5.76 Å². The summed E-state index contributed by atoms with van der Waals surface area (Å²) in [4.78, 5) is 17.1. The molecule has 1 aromatic heterocycles. The fraction of sp³-hybridized carbons (Fsp3) is 0.435. The number of carbonyl (C=O) groups is 1. The van der Waals surface area contributed by atoms with E-state index < -0.39 is 0 Å². The summed E-state index contributed by atoms with van der Waals surface area (Å²) < 4.78 is 5.70. The van der Waals surface area contributed by atoms with E-state index in [1.54, 1.807) is 24.3 Å². The number of ether oxygens (including phenoxy) is 1. The van der Waals surface area contributed by atoms with Gasteiger partial charge in [-0.1, -0.05) is 70.7 Å². The van der Waals surface area contributed by atoms with Crippen LogP contribution >= 0.6 is 22.9 Å². The number of halogens is 1. The highest BCUT2D eigenvalue weighted by Gasteiger charge is 2.24. The van der Waals surface area contributed by atoms with Gasteiger partial charge < -0.3 is 4.74 Å². The van der Waals surface area contributed by atoms with Crippen molar-refractivity contribution in [2.45, 2.75) is 65.2 Å². The Kier molecular flexibility index (Phi) is 8.43. The molecule has 0 N–H and O–H groups in total. The molecular weight excluding hydrogens is 404 g/mol. The molecule has 0 saturated carbocycles. The number of hydrogen-bond donors (Lipinski definition) is 0. The summed E-state index contributed by atoms with van der Waals surface area (Å²) in [5, 5.41) is 12.8. The van der Waals surface area contributed by atoms with Crippen LogP contribution in [0.1, 0.15) is 76.1 Å². The fourth-order valence-corrected chi connectivity index (χ4v) is 3.93. The average molecular weight is 431 g/mol. The lowest BCUT2D eigenvalue weighted by Gasteiger charge is -2.14. The number of hydrogen-bond acceptors (Lipinski definition) is 5. The summed E-state index contributed by atoms with van der Waals surface area (Å²) in [7, 11) is 0. The van der Waals surface area contributed by atoms with Gasteiger partial charge in [-0.25, -0.2) is 4.98 Å².